The molecule has 0 bridgehead atoms. The molecule has 180 valence electrons. The summed E-state index contributed by atoms with van der Waals surface area (Å²) in [6.45, 7) is 3.12. The second kappa shape index (κ2) is 9.29. The molecule has 2 saturated heterocycles. The maximum atomic E-state index is 13.8. The zero-order chi connectivity index (χ0) is 24.4. The van der Waals surface area contributed by atoms with Crippen LogP contribution in [0.2, 0.25) is 0 Å². The minimum Gasteiger partial charge on any atom is -0.459 e. The number of benzene rings is 2. The number of hydrogen-bond acceptors (Lipinski definition) is 5. The van der Waals surface area contributed by atoms with Crippen LogP contribution < -0.4 is 10.2 Å². The molecule has 3 aromatic rings. The Labute approximate surface area is 204 Å². The smallest absolute Gasteiger partial charge is 0.289 e. The van der Waals surface area contributed by atoms with E-state index in [9.17, 15) is 14.4 Å². The molecule has 5 rings (SSSR count). The number of hydrogen-bond donors (Lipinski definition) is 1. The summed E-state index contributed by atoms with van der Waals surface area (Å²) in [4.78, 5) is 44.8. The van der Waals surface area contributed by atoms with Crippen LogP contribution in [-0.4, -0.2) is 59.4 Å². The Bertz CT molecular complexity index is 1200. The van der Waals surface area contributed by atoms with Gasteiger partial charge in [-0.3, -0.25) is 14.4 Å². The van der Waals surface area contributed by atoms with Crippen molar-refractivity contribution >= 4 is 29.1 Å². The maximum absolute atomic E-state index is 13.8. The predicted octanol–water partition coefficient (Wildman–Crippen LogP) is 3.51. The number of rotatable bonds is 5. The van der Waals surface area contributed by atoms with Crippen LogP contribution >= 0.6 is 0 Å². The molecular weight excluding hydrogens is 444 g/mol. The van der Waals surface area contributed by atoms with Gasteiger partial charge in [0.1, 0.15) is 12.1 Å². The minimum atomic E-state index is -0.800. The molecule has 3 amide bonds. The van der Waals surface area contributed by atoms with Gasteiger partial charge >= 0.3 is 0 Å². The summed E-state index contributed by atoms with van der Waals surface area (Å²) in [6.07, 6.45) is 2.43. The first kappa shape index (κ1) is 22.7. The molecule has 8 nitrogen and oxygen atoms in total. The van der Waals surface area contributed by atoms with Crippen molar-refractivity contribution in [2.45, 2.75) is 25.3 Å². The zero-order valence-corrected chi connectivity index (χ0v) is 19.6. The highest BCUT2D eigenvalue weighted by molar-refractivity contribution is 5.99. The van der Waals surface area contributed by atoms with Crippen molar-refractivity contribution in [2.24, 2.45) is 0 Å². The SMILES string of the molecule is Cc1ccc(NC(=O)CN2CN(c3ccccc3)C3(CCN(C(=O)c4ccco4)CC3)C2=O)cc1. The number of carbonyl (C=O) groups excluding carboxylic acids is 3. The van der Waals surface area contributed by atoms with Crippen LogP contribution in [0.4, 0.5) is 11.4 Å². The number of aryl methyl sites for hydroxylation is 1. The van der Waals surface area contributed by atoms with Gasteiger partial charge in [-0.1, -0.05) is 35.9 Å². The van der Waals surface area contributed by atoms with E-state index >= 15 is 0 Å². The van der Waals surface area contributed by atoms with E-state index in [1.165, 1.54) is 6.26 Å². The quantitative estimate of drug-likeness (QED) is 0.614. The van der Waals surface area contributed by atoms with E-state index in [1.807, 2.05) is 61.5 Å². The van der Waals surface area contributed by atoms with E-state index in [2.05, 4.69) is 10.2 Å². The summed E-state index contributed by atoms with van der Waals surface area (Å²) in [6, 6.07) is 20.7. The van der Waals surface area contributed by atoms with E-state index in [-0.39, 0.29) is 24.3 Å². The van der Waals surface area contributed by atoms with Gasteiger partial charge in [-0.25, -0.2) is 0 Å². The van der Waals surface area contributed by atoms with Gasteiger partial charge in [0.15, 0.2) is 5.76 Å². The van der Waals surface area contributed by atoms with Crippen molar-refractivity contribution < 1.29 is 18.8 Å². The van der Waals surface area contributed by atoms with Crippen LogP contribution in [0.5, 0.6) is 0 Å². The average molecular weight is 473 g/mol. The molecule has 2 aromatic carbocycles. The zero-order valence-electron chi connectivity index (χ0n) is 19.6. The van der Waals surface area contributed by atoms with Gasteiger partial charge in [-0.05, 0) is 56.2 Å². The topological polar surface area (TPSA) is 86.1 Å². The fourth-order valence-electron chi connectivity index (χ4n) is 4.97. The van der Waals surface area contributed by atoms with E-state index in [1.54, 1.807) is 21.9 Å². The summed E-state index contributed by atoms with van der Waals surface area (Å²) in [5.41, 5.74) is 1.93. The minimum absolute atomic E-state index is 0.0349. The van der Waals surface area contributed by atoms with Crippen molar-refractivity contribution in [2.75, 3.05) is 36.5 Å². The van der Waals surface area contributed by atoms with Crippen LogP contribution in [0.3, 0.4) is 0 Å². The second-order valence-corrected chi connectivity index (χ2v) is 9.12. The number of furan rings is 1. The Morgan fingerprint density at radius 1 is 0.971 bits per heavy atom. The van der Waals surface area contributed by atoms with Gasteiger partial charge in [0, 0.05) is 24.5 Å². The van der Waals surface area contributed by atoms with E-state index in [4.69, 9.17) is 4.42 Å². The van der Waals surface area contributed by atoms with E-state index < -0.39 is 5.54 Å². The van der Waals surface area contributed by atoms with Crippen LogP contribution in [-0.2, 0) is 9.59 Å². The lowest BCUT2D eigenvalue weighted by molar-refractivity contribution is -0.136. The molecule has 35 heavy (non-hydrogen) atoms. The molecule has 0 atom stereocenters. The highest BCUT2D eigenvalue weighted by Gasteiger charge is 2.54. The highest BCUT2D eigenvalue weighted by Crippen LogP contribution is 2.39. The van der Waals surface area contributed by atoms with Crippen LogP contribution in [0.25, 0.3) is 0 Å². The lowest BCUT2D eigenvalue weighted by atomic mass is 9.85. The first-order chi connectivity index (χ1) is 17.0. The number of anilines is 2. The number of nitrogens with zero attached hydrogens (tertiary/aromatic N) is 3. The van der Waals surface area contributed by atoms with Crippen molar-refractivity contribution in [3.05, 3.63) is 84.3 Å². The van der Waals surface area contributed by atoms with Gasteiger partial charge in [-0.2, -0.15) is 0 Å². The Morgan fingerprint density at radius 3 is 2.34 bits per heavy atom. The number of nitrogens with one attached hydrogen (secondary N) is 1. The second-order valence-electron chi connectivity index (χ2n) is 9.12. The monoisotopic (exact) mass is 472 g/mol. The number of para-hydroxylation sites is 1. The number of carbonyl (C=O) groups is 3. The van der Waals surface area contributed by atoms with Crippen molar-refractivity contribution in [1.82, 2.24) is 9.80 Å². The van der Waals surface area contributed by atoms with E-state index in [0.29, 0.717) is 44.0 Å². The summed E-state index contributed by atoms with van der Waals surface area (Å²) in [5.74, 6) is -0.188. The third-order valence-electron chi connectivity index (χ3n) is 6.86. The highest BCUT2D eigenvalue weighted by atomic mass is 16.3. The molecule has 2 aliphatic heterocycles. The molecule has 1 N–H and O–H groups in total. The van der Waals surface area contributed by atoms with Crippen LogP contribution in [0.15, 0.2) is 77.4 Å². The molecule has 1 aromatic heterocycles. The number of piperidine rings is 1. The maximum Gasteiger partial charge on any atom is 0.289 e. The molecule has 8 heteroatoms. The fraction of sp³-hybridized carbons (Fsp3) is 0.296. The summed E-state index contributed by atoms with van der Waals surface area (Å²) in [5, 5.41) is 2.89. The molecule has 0 radical (unpaired) electrons. The predicted molar refractivity (Wildman–Crippen MR) is 132 cm³/mol. The largest absolute Gasteiger partial charge is 0.459 e. The first-order valence-corrected chi connectivity index (χ1v) is 11.8. The van der Waals surface area contributed by atoms with E-state index in [0.717, 1.165) is 11.3 Å². The van der Waals surface area contributed by atoms with Gasteiger partial charge in [0.2, 0.25) is 5.91 Å². The third kappa shape index (κ3) is 4.39. The Balaban J connectivity index is 1.34. The Kier molecular flexibility index (Phi) is 6.03. The molecule has 0 aliphatic carbocycles. The molecule has 0 unspecified atom stereocenters. The fourth-order valence-corrected chi connectivity index (χ4v) is 4.97. The van der Waals surface area contributed by atoms with Crippen LogP contribution in [0, 0.1) is 6.92 Å². The van der Waals surface area contributed by atoms with Crippen molar-refractivity contribution in [3.8, 4) is 0 Å². The van der Waals surface area contributed by atoms with Crippen LogP contribution in [0.1, 0.15) is 29.0 Å². The summed E-state index contributed by atoms with van der Waals surface area (Å²) in [7, 11) is 0. The van der Waals surface area contributed by atoms with Crippen molar-refractivity contribution in [3.63, 3.8) is 0 Å². The molecule has 3 heterocycles. The molecule has 2 aliphatic rings. The third-order valence-corrected chi connectivity index (χ3v) is 6.86. The first-order valence-electron chi connectivity index (χ1n) is 11.8. The van der Waals surface area contributed by atoms with Gasteiger partial charge < -0.3 is 24.4 Å². The normalized spacial score (nSPS) is 17.2. The lowest BCUT2D eigenvalue weighted by Crippen LogP contribution is -2.57. The molecule has 2 fully saturated rings. The number of likely N-dealkylation sites (tertiary alicyclic amines) is 1. The van der Waals surface area contributed by atoms with Gasteiger partial charge in [-0.15, -0.1) is 0 Å². The average Bonchev–Trinajstić information content (AvgIpc) is 3.50. The lowest BCUT2D eigenvalue weighted by Gasteiger charge is -2.43. The number of amides is 3. The molecular formula is C27H28N4O4. The Morgan fingerprint density at radius 2 is 1.69 bits per heavy atom. The Hall–Kier alpha value is -4.07. The van der Waals surface area contributed by atoms with Gasteiger partial charge in [0.05, 0.1) is 12.9 Å². The summed E-state index contributed by atoms with van der Waals surface area (Å²) < 4.78 is 5.27. The van der Waals surface area contributed by atoms with Gasteiger partial charge in [0.25, 0.3) is 11.8 Å². The molecule has 1 spiro atoms. The summed E-state index contributed by atoms with van der Waals surface area (Å²) >= 11 is 0. The standard InChI is InChI=1S/C27H28N4O4/c1-20-9-11-21(12-10-20)28-24(32)18-30-19-31(22-6-3-2-4-7-22)27(26(30)34)13-15-29(16-14-27)25(33)23-8-5-17-35-23/h2-12,17H,13-16,18-19H2,1H3,(H,28,32). The van der Waals surface area contributed by atoms with Crippen molar-refractivity contribution in [1.29, 1.82) is 0 Å². The molecule has 0 saturated carbocycles.